The van der Waals surface area contributed by atoms with Gasteiger partial charge in [0.2, 0.25) is 0 Å². The van der Waals surface area contributed by atoms with Crippen LogP contribution in [0.1, 0.15) is 13.8 Å². The molecule has 106 valence electrons. The number of hydrogen-bond acceptors (Lipinski definition) is 4. The molecule has 0 aliphatic heterocycles. The highest BCUT2D eigenvalue weighted by atomic mass is 79.9. The number of nitrogens with zero attached hydrogens (tertiary/aromatic N) is 2. The molecule has 0 saturated carbocycles. The summed E-state index contributed by atoms with van der Waals surface area (Å²) in [6, 6.07) is 7.92. The van der Waals surface area contributed by atoms with Crippen molar-refractivity contribution in [2.75, 3.05) is 6.61 Å². The first-order chi connectivity index (χ1) is 9.61. The number of esters is 1. The first-order valence-electron chi connectivity index (χ1n) is 6.24. The van der Waals surface area contributed by atoms with Crippen molar-refractivity contribution in [2.45, 2.75) is 24.3 Å². The molecule has 1 atom stereocenters. The van der Waals surface area contributed by atoms with E-state index in [0.29, 0.717) is 6.61 Å². The van der Waals surface area contributed by atoms with Gasteiger partial charge < -0.3 is 4.74 Å². The molecule has 1 heterocycles. The summed E-state index contributed by atoms with van der Waals surface area (Å²) < 4.78 is 7.99. The molecule has 4 nitrogen and oxygen atoms in total. The molecular weight excluding hydrogens is 340 g/mol. The topological polar surface area (TPSA) is 44.1 Å². The molecule has 1 aromatic carbocycles. The Morgan fingerprint density at radius 2 is 2.15 bits per heavy atom. The molecular formula is C14H15BrN2O2S. The summed E-state index contributed by atoms with van der Waals surface area (Å²) in [6.45, 7) is 4.02. The zero-order valence-electron chi connectivity index (χ0n) is 11.2. The molecule has 1 aromatic heterocycles. The lowest BCUT2D eigenvalue weighted by Crippen LogP contribution is -2.17. The molecule has 2 aromatic rings. The van der Waals surface area contributed by atoms with Gasteiger partial charge in [-0.1, -0.05) is 27.7 Å². The van der Waals surface area contributed by atoms with E-state index in [-0.39, 0.29) is 11.2 Å². The van der Waals surface area contributed by atoms with Crippen molar-refractivity contribution >= 4 is 33.7 Å². The number of rotatable bonds is 5. The van der Waals surface area contributed by atoms with Crippen molar-refractivity contribution in [2.24, 2.45) is 0 Å². The first kappa shape index (κ1) is 15.1. The number of benzene rings is 1. The summed E-state index contributed by atoms with van der Waals surface area (Å²) in [5, 5.41) is 0.486. The van der Waals surface area contributed by atoms with E-state index in [1.165, 1.54) is 11.8 Å². The predicted molar refractivity (Wildman–Crippen MR) is 83.2 cm³/mol. The number of thioether (sulfide) groups is 1. The minimum atomic E-state index is -0.286. The minimum Gasteiger partial charge on any atom is -0.465 e. The normalized spacial score (nSPS) is 12.2. The number of carbonyl (C=O) groups excluding carboxylic acids is 1. The number of imidazole rings is 1. The Hall–Kier alpha value is -1.27. The summed E-state index contributed by atoms with van der Waals surface area (Å²) in [4.78, 5) is 16.0. The van der Waals surface area contributed by atoms with Crippen LogP contribution in [0, 0.1) is 0 Å². The second-order valence-corrected chi connectivity index (χ2v) is 6.29. The van der Waals surface area contributed by atoms with Gasteiger partial charge in [0.05, 0.1) is 6.61 Å². The van der Waals surface area contributed by atoms with E-state index in [2.05, 4.69) is 20.9 Å². The molecule has 0 amide bonds. The van der Waals surface area contributed by atoms with Gasteiger partial charge in [-0.3, -0.25) is 9.36 Å². The predicted octanol–water partition coefficient (Wildman–Crippen LogP) is 3.68. The minimum absolute atomic E-state index is 0.220. The summed E-state index contributed by atoms with van der Waals surface area (Å²) in [7, 11) is 0. The zero-order chi connectivity index (χ0) is 14.5. The Kier molecular flexibility index (Phi) is 5.25. The Morgan fingerprint density at radius 1 is 1.45 bits per heavy atom. The van der Waals surface area contributed by atoms with Crippen LogP contribution in [0.25, 0.3) is 5.69 Å². The molecule has 0 aliphatic rings. The maximum Gasteiger partial charge on any atom is 0.319 e. The third-order valence-corrected chi connectivity index (χ3v) is 4.20. The van der Waals surface area contributed by atoms with Crippen LogP contribution in [0.4, 0.5) is 0 Å². The standard InChI is InChI=1S/C14H15BrN2O2S/c1-3-19-13(18)10(2)20-14-16-8-9-17(14)12-6-4-11(15)5-7-12/h4-10H,3H2,1-2H3. The van der Waals surface area contributed by atoms with Gasteiger partial charge in [-0.05, 0) is 38.1 Å². The van der Waals surface area contributed by atoms with Crippen LogP contribution < -0.4 is 0 Å². The molecule has 20 heavy (non-hydrogen) atoms. The van der Waals surface area contributed by atoms with Crippen molar-refractivity contribution in [3.05, 3.63) is 41.1 Å². The summed E-state index contributed by atoms with van der Waals surface area (Å²) in [5.41, 5.74) is 1.00. The van der Waals surface area contributed by atoms with E-state index in [1.807, 2.05) is 42.0 Å². The van der Waals surface area contributed by atoms with E-state index in [4.69, 9.17) is 4.74 Å². The van der Waals surface area contributed by atoms with E-state index in [0.717, 1.165) is 15.3 Å². The second-order valence-electron chi connectivity index (χ2n) is 4.07. The van der Waals surface area contributed by atoms with Crippen molar-refractivity contribution in [1.29, 1.82) is 0 Å². The molecule has 6 heteroatoms. The lowest BCUT2D eigenvalue weighted by molar-refractivity contribution is -0.142. The van der Waals surface area contributed by atoms with Crippen LogP contribution in [0.3, 0.4) is 0 Å². The van der Waals surface area contributed by atoms with Crippen molar-refractivity contribution in [1.82, 2.24) is 9.55 Å². The number of carbonyl (C=O) groups is 1. The molecule has 0 bridgehead atoms. The van der Waals surface area contributed by atoms with E-state index in [9.17, 15) is 4.79 Å². The smallest absolute Gasteiger partial charge is 0.319 e. The van der Waals surface area contributed by atoms with Crippen LogP contribution in [-0.2, 0) is 9.53 Å². The lowest BCUT2D eigenvalue weighted by Gasteiger charge is -2.11. The molecule has 0 spiro atoms. The van der Waals surface area contributed by atoms with Crippen LogP contribution >= 0.6 is 27.7 Å². The van der Waals surface area contributed by atoms with Gasteiger partial charge in [0.1, 0.15) is 5.25 Å². The molecule has 0 fully saturated rings. The molecule has 0 N–H and O–H groups in total. The average molecular weight is 355 g/mol. The fourth-order valence-corrected chi connectivity index (χ4v) is 2.79. The van der Waals surface area contributed by atoms with Gasteiger partial charge in [0, 0.05) is 22.6 Å². The fraction of sp³-hybridized carbons (Fsp3) is 0.286. The first-order valence-corrected chi connectivity index (χ1v) is 7.91. The maximum atomic E-state index is 11.7. The van der Waals surface area contributed by atoms with Gasteiger partial charge in [-0.25, -0.2) is 4.98 Å². The maximum absolute atomic E-state index is 11.7. The highest BCUT2D eigenvalue weighted by molar-refractivity contribution is 9.10. The highest BCUT2D eigenvalue weighted by Gasteiger charge is 2.18. The van der Waals surface area contributed by atoms with Crippen LogP contribution in [0.5, 0.6) is 0 Å². The Labute approximate surface area is 130 Å². The van der Waals surface area contributed by atoms with Gasteiger partial charge in [-0.2, -0.15) is 0 Å². The average Bonchev–Trinajstić information content (AvgIpc) is 2.88. The van der Waals surface area contributed by atoms with Gasteiger partial charge in [0.15, 0.2) is 5.16 Å². The SMILES string of the molecule is CCOC(=O)C(C)Sc1nccn1-c1ccc(Br)cc1. The number of halogens is 1. The monoisotopic (exact) mass is 354 g/mol. The second kappa shape index (κ2) is 6.95. The van der Waals surface area contributed by atoms with Gasteiger partial charge in [0.25, 0.3) is 0 Å². The quantitative estimate of drug-likeness (QED) is 0.606. The summed E-state index contributed by atoms with van der Waals surface area (Å²) in [5.74, 6) is -0.220. The van der Waals surface area contributed by atoms with E-state index in [1.54, 1.807) is 13.1 Å². The summed E-state index contributed by atoms with van der Waals surface area (Å²) >= 11 is 4.80. The van der Waals surface area contributed by atoms with Crippen LogP contribution in [0.15, 0.2) is 46.3 Å². The number of aromatic nitrogens is 2. The number of ether oxygens (including phenoxy) is 1. The third kappa shape index (κ3) is 3.64. The highest BCUT2D eigenvalue weighted by Crippen LogP contribution is 2.25. The molecule has 0 saturated heterocycles. The van der Waals surface area contributed by atoms with Crippen molar-refractivity contribution in [3.63, 3.8) is 0 Å². The Bertz CT molecular complexity index is 583. The molecule has 0 aliphatic carbocycles. The van der Waals surface area contributed by atoms with Crippen LogP contribution in [0.2, 0.25) is 0 Å². The Morgan fingerprint density at radius 3 is 2.80 bits per heavy atom. The largest absolute Gasteiger partial charge is 0.465 e. The summed E-state index contributed by atoms with van der Waals surface area (Å²) in [6.07, 6.45) is 3.60. The Balaban J connectivity index is 2.16. The fourth-order valence-electron chi connectivity index (χ4n) is 1.64. The molecule has 0 radical (unpaired) electrons. The van der Waals surface area contributed by atoms with Gasteiger partial charge in [-0.15, -0.1) is 0 Å². The third-order valence-electron chi connectivity index (χ3n) is 2.61. The molecule has 1 unspecified atom stereocenters. The van der Waals surface area contributed by atoms with E-state index >= 15 is 0 Å². The number of hydrogen-bond donors (Lipinski definition) is 0. The van der Waals surface area contributed by atoms with Gasteiger partial charge >= 0.3 is 5.97 Å². The lowest BCUT2D eigenvalue weighted by atomic mass is 10.3. The molecule has 2 rings (SSSR count). The zero-order valence-corrected chi connectivity index (χ0v) is 13.6. The van der Waals surface area contributed by atoms with E-state index < -0.39 is 0 Å². The van der Waals surface area contributed by atoms with Crippen molar-refractivity contribution < 1.29 is 9.53 Å². The van der Waals surface area contributed by atoms with Crippen LogP contribution in [-0.4, -0.2) is 27.4 Å². The van der Waals surface area contributed by atoms with Crippen molar-refractivity contribution in [3.8, 4) is 5.69 Å².